The third-order valence-electron chi connectivity index (χ3n) is 3.39. The van der Waals surface area contributed by atoms with E-state index in [0.717, 1.165) is 22.2 Å². The van der Waals surface area contributed by atoms with Crippen LogP contribution in [0, 0.1) is 0 Å². The monoisotopic (exact) mass is 325 g/mol. The van der Waals surface area contributed by atoms with Crippen molar-refractivity contribution < 1.29 is 9.59 Å². The Balaban J connectivity index is 1.64. The van der Waals surface area contributed by atoms with E-state index in [2.05, 4.69) is 10.3 Å². The first-order chi connectivity index (χ1) is 11.2. The maximum absolute atomic E-state index is 12.2. The Morgan fingerprint density at radius 3 is 2.65 bits per heavy atom. The molecule has 3 aromatic rings. The SMILES string of the molecule is CN(CC(=O)Nc1nc2ccccc2s1)c1ccc(C=O)cc1. The first-order valence-corrected chi connectivity index (χ1v) is 7.89. The number of nitrogens with one attached hydrogen (secondary N) is 1. The molecule has 23 heavy (non-hydrogen) atoms. The molecule has 5 nitrogen and oxygen atoms in total. The van der Waals surface area contributed by atoms with Gasteiger partial charge in [0.05, 0.1) is 16.8 Å². The molecule has 1 N–H and O–H groups in total. The first-order valence-electron chi connectivity index (χ1n) is 7.07. The van der Waals surface area contributed by atoms with Crippen LogP contribution in [0.1, 0.15) is 10.4 Å². The molecule has 0 saturated heterocycles. The molecule has 0 atom stereocenters. The number of carbonyl (C=O) groups excluding carboxylic acids is 2. The molecule has 1 heterocycles. The molecular weight excluding hydrogens is 310 g/mol. The summed E-state index contributed by atoms with van der Waals surface area (Å²) < 4.78 is 1.04. The normalized spacial score (nSPS) is 10.5. The van der Waals surface area contributed by atoms with E-state index in [0.29, 0.717) is 10.7 Å². The van der Waals surface area contributed by atoms with E-state index in [1.165, 1.54) is 11.3 Å². The Morgan fingerprint density at radius 1 is 1.22 bits per heavy atom. The van der Waals surface area contributed by atoms with E-state index in [-0.39, 0.29) is 12.5 Å². The van der Waals surface area contributed by atoms with Crippen LogP contribution in [-0.2, 0) is 4.79 Å². The Bertz CT molecular complexity index is 809. The van der Waals surface area contributed by atoms with Gasteiger partial charge in [-0.15, -0.1) is 0 Å². The van der Waals surface area contributed by atoms with Gasteiger partial charge in [-0.3, -0.25) is 9.59 Å². The van der Waals surface area contributed by atoms with Crippen molar-refractivity contribution in [3.8, 4) is 0 Å². The van der Waals surface area contributed by atoms with Gasteiger partial charge in [0.2, 0.25) is 5.91 Å². The van der Waals surface area contributed by atoms with Crippen molar-refractivity contribution in [2.75, 3.05) is 23.8 Å². The van der Waals surface area contributed by atoms with Gasteiger partial charge in [0.15, 0.2) is 5.13 Å². The van der Waals surface area contributed by atoms with Crippen LogP contribution in [0.2, 0.25) is 0 Å². The number of rotatable bonds is 5. The first kappa shape index (κ1) is 15.2. The van der Waals surface area contributed by atoms with Crippen LogP contribution in [0.15, 0.2) is 48.5 Å². The number of hydrogen-bond acceptors (Lipinski definition) is 5. The molecule has 0 aliphatic carbocycles. The fraction of sp³-hybridized carbons (Fsp3) is 0.118. The minimum absolute atomic E-state index is 0.133. The molecule has 0 bridgehead atoms. The maximum atomic E-state index is 12.2. The van der Waals surface area contributed by atoms with Crippen LogP contribution in [0.5, 0.6) is 0 Å². The predicted octanol–water partition coefficient (Wildman–Crippen LogP) is 3.18. The lowest BCUT2D eigenvalue weighted by Gasteiger charge is -2.18. The minimum Gasteiger partial charge on any atom is -0.365 e. The van der Waals surface area contributed by atoms with E-state index >= 15 is 0 Å². The predicted molar refractivity (Wildman–Crippen MR) is 93.3 cm³/mol. The second-order valence-electron chi connectivity index (χ2n) is 5.10. The summed E-state index contributed by atoms with van der Waals surface area (Å²) in [5, 5.41) is 3.42. The molecule has 0 unspecified atom stereocenters. The van der Waals surface area contributed by atoms with Crippen LogP contribution in [0.25, 0.3) is 10.2 Å². The van der Waals surface area contributed by atoms with Crippen molar-refractivity contribution in [3.05, 3.63) is 54.1 Å². The molecule has 0 saturated carbocycles. The van der Waals surface area contributed by atoms with Crippen LogP contribution < -0.4 is 10.2 Å². The lowest BCUT2D eigenvalue weighted by molar-refractivity contribution is -0.114. The van der Waals surface area contributed by atoms with Gasteiger partial charge in [-0.25, -0.2) is 4.98 Å². The summed E-state index contributed by atoms with van der Waals surface area (Å²) >= 11 is 1.45. The van der Waals surface area contributed by atoms with Crippen LogP contribution in [0.4, 0.5) is 10.8 Å². The molecule has 0 fully saturated rings. The number of thiazole rings is 1. The molecule has 1 aromatic heterocycles. The Hall–Kier alpha value is -2.73. The highest BCUT2D eigenvalue weighted by Crippen LogP contribution is 2.25. The summed E-state index contributed by atoms with van der Waals surface area (Å²) in [5.41, 5.74) is 2.36. The van der Waals surface area contributed by atoms with Gasteiger partial charge in [0.1, 0.15) is 6.29 Å². The highest BCUT2D eigenvalue weighted by atomic mass is 32.1. The Morgan fingerprint density at radius 2 is 1.96 bits per heavy atom. The van der Waals surface area contributed by atoms with Crippen LogP contribution >= 0.6 is 11.3 Å². The number of benzene rings is 2. The number of aldehydes is 1. The summed E-state index contributed by atoms with van der Waals surface area (Å²) in [7, 11) is 1.83. The van der Waals surface area contributed by atoms with Crippen LogP contribution in [-0.4, -0.2) is 30.8 Å². The van der Waals surface area contributed by atoms with Gasteiger partial charge < -0.3 is 10.2 Å². The molecular formula is C17H15N3O2S. The third-order valence-corrected chi connectivity index (χ3v) is 4.34. The van der Waals surface area contributed by atoms with E-state index in [1.807, 2.05) is 48.3 Å². The van der Waals surface area contributed by atoms with Gasteiger partial charge in [-0.2, -0.15) is 0 Å². The fourth-order valence-electron chi connectivity index (χ4n) is 2.20. The van der Waals surface area contributed by atoms with E-state index in [4.69, 9.17) is 0 Å². The van der Waals surface area contributed by atoms with Gasteiger partial charge in [-0.05, 0) is 36.4 Å². The smallest absolute Gasteiger partial charge is 0.245 e. The Labute approximate surface area is 137 Å². The molecule has 0 aliphatic heterocycles. The highest BCUT2D eigenvalue weighted by molar-refractivity contribution is 7.22. The van der Waals surface area contributed by atoms with E-state index in [9.17, 15) is 9.59 Å². The molecule has 0 radical (unpaired) electrons. The second-order valence-corrected chi connectivity index (χ2v) is 6.13. The second kappa shape index (κ2) is 6.58. The number of amides is 1. The highest BCUT2D eigenvalue weighted by Gasteiger charge is 2.10. The number of anilines is 2. The Kier molecular flexibility index (Phi) is 4.34. The number of hydrogen-bond donors (Lipinski definition) is 1. The summed E-state index contributed by atoms with van der Waals surface area (Å²) in [4.78, 5) is 29.0. The number of nitrogens with zero attached hydrogens (tertiary/aromatic N) is 2. The zero-order valence-electron chi connectivity index (χ0n) is 12.5. The summed E-state index contributed by atoms with van der Waals surface area (Å²) in [6.45, 7) is 0.205. The molecule has 0 aliphatic rings. The van der Waals surface area contributed by atoms with Crippen molar-refractivity contribution in [1.29, 1.82) is 0 Å². The average Bonchev–Trinajstić information content (AvgIpc) is 2.96. The van der Waals surface area contributed by atoms with E-state index < -0.39 is 0 Å². The molecule has 2 aromatic carbocycles. The third kappa shape index (κ3) is 3.54. The zero-order valence-corrected chi connectivity index (χ0v) is 13.3. The topological polar surface area (TPSA) is 62.3 Å². The molecule has 0 spiro atoms. The van der Waals surface area contributed by atoms with Crippen molar-refractivity contribution in [2.24, 2.45) is 0 Å². The minimum atomic E-state index is -0.133. The standard InChI is InChI=1S/C17H15N3O2S/c1-20(13-8-6-12(11-21)7-9-13)10-16(22)19-17-18-14-4-2-3-5-15(14)23-17/h2-9,11H,10H2,1H3,(H,18,19,22). The van der Waals surface area contributed by atoms with Gasteiger partial charge in [-0.1, -0.05) is 23.5 Å². The van der Waals surface area contributed by atoms with Crippen LogP contribution in [0.3, 0.4) is 0 Å². The molecule has 1 amide bonds. The van der Waals surface area contributed by atoms with Crippen molar-refractivity contribution in [2.45, 2.75) is 0 Å². The zero-order chi connectivity index (χ0) is 16.2. The summed E-state index contributed by atoms with van der Waals surface area (Å²) in [5.74, 6) is -0.133. The molecule has 116 valence electrons. The number of aromatic nitrogens is 1. The number of carbonyl (C=O) groups is 2. The van der Waals surface area contributed by atoms with E-state index in [1.54, 1.807) is 12.1 Å². The van der Waals surface area contributed by atoms with Gasteiger partial charge >= 0.3 is 0 Å². The molecule has 3 rings (SSSR count). The van der Waals surface area contributed by atoms with Crippen molar-refractivity contribution in [1.82, 2.24) is 4.98 Å². The number of likely N-dealkylation sites (N-methyl/N-ethyl adjacent to an activating group) is 1. The lowest BCUT2D eigenvalue weighted by Crippen LogP contribution is -2.29. The maximum Gasteiger partial charge on any atom is 0.245 e. The molecule has 6 heteroatoms. The summed E-state index contributed by atoms with van der Waals surface area (Å²) in [6.07, 6.45) is 0.795. The lowest BCUT2D eigenvalue weighted by atomic mass is 10.2. The largest absolute Gasteiger partial charge is 0.365 e. The average molecular weight is 325 g/mol. The van der Waals surface area contributed by atoms with Gasteiger partial charge in [0, 0.05) is 18.3 Å². The fourth-order valence-corrected chi connectivity index (χ4v) is 3.08. The van der Waals surface area contributed by atoms with Crippen molar-refractivity contribution in [3.63, 3.8) is 0 Å². The quantitative estimate of drug-likeness (QED) is 0.732. The van der Waals surface area contributed by atoms with Gasteiger partial charge in [0.25, 0.3) is 0 Å². The summed E-state index contributed by atoms with van der Waals surface area (Å²) in [6, 6.07) is 14.8. The number of fused-ring (bicyclic) bond motifs is 1. The number of para-hydroxylation sites is 1. The van der Waals surface area contributed by atoms with Crippen molar-refractivity contribution >= 4 is 44.6 Å².